The summed E-state index contributed by atoms with van der Waals surface area (Å²) >= 11 is 0. The summed E-state index contributed by atoms with van der Waals surface area (Å²) in [5.74, 6) is 5.85. The molecule has 0 fully saturated rings. The number of rotatable bonds is 5. The van der Waals surface area contributed by atoms with Gasteiger partial charge in [0.05, 0.1) is 13.2 Å². The van der Waals surface area contributed by atoms with Crippen molar-refractivity contribution in [3.05, 3.63) is 59.0 Å². The first-order valence-electron chi connectivity index (χ1n) is 6.35. The number of benzene rings is 1. The highest BCUT2D eigenvalue weighted by molar-refractivity contribution is 5.29. The standard InChI is InChI=1S/C15H18FN3O/c1-10-3-5-13(16)12(7-10)14(19-17)8-11-4-6-15(20-2)18-9-11/h3-7,9,14,19H,8,17H2,1-2H3. The number of nitrogens with two attached hydrogens (primary N) is 1. The van der Waals surface area contributed by atoms with Gasteiger partial charge in [-0.05, 0) is 25.0 Å². The van der Waals surface area contributed by atoms with E-state index >= 15 is 0 Å². The monoisotopic (exact) mass is 275 g/mol. The predicted octanol–water partition coefficient (Wildman–Crippen LogP) is 2.28. The van der Waals surface area contributed by atoms with E-state index in [9.17, 15) is 4.39 Å². The first-order valence-corrected chi connectivity index (χ1v) is 6.35. The minimum Gasteiger partial charge on any atom is -0.481 e. The second-order valence-electron chi connectivity index (χ2n) is 4.66. The average molecular weight is 275 g/mol. The fourth-order valence-corrected chi connectivity index (χ4v) is 2.08. The van der Waals surface area contributed by atoms with Gasteiger partial charge in [0, 0.05) is 17.8 Å². The third-order valence-corrected chi connectivity index (χ3v) is 3.17. The van der Waals surface area contributed by atoms with Crippen molar-refractivity contribution in [3.8, 4) is 5.88 Å². The number of pyridine rings is 1. The summed E-state index contributed by atoms with van der Waals surface area (Å²) in [5.41, 5.74) is 5.17. The number of hydrazine groups is 1. The maximum absolute atomic E-state index is 13.9. The number of aromatic nitrogens is 1. The number of ether oxygens (including phenoxy) is 1. The van der Waals surface area contributed by atoms with E-state index in [0.717, 1.165) is 11.1 Å². The van der Waals surface area contributed by atoms with Gasteiger partial charge < -0.3 is 4.74 Å². The van der Waals surface area contributed by atoms with Crippen molar-refractivity contribution in [1.29, 1.82) is 0 Å². The molecule has 2 aromatic rings. The summed E-state index contributed by atoms with van der Waals surface area (Å²) in [6.45, 7) is 1.92. The van der Waals surface area contributed by atoms with Gasteiger partial charge in [-0.2, -0.15) is 0 Å². The van der Waals surface area contributed by atoms with E-state index in [1.165, 1.54) is 6.07 Å². The van der Waals surface area contributed by atoms with E-state index in [1.807, 2.05) is 13.0 Å². The van der Waals surface area contributed by atoms with Crippen LogP contribution in [0.3, 0.4) is 0 Å². The molecule has 4 nitrogen and oxygen atoms in total. The molecule has 1 unspecified atom stereocenters. The van der Waals surface area contributed by atoms with Gasteiger partial charge in [-0.25, -0.2) is 9.37 Å². The highest BCUT2D eigenvalue weighted by Gasteiger charge is 2.15. The zero-order chi connectivity index (χ0) is 14.5. The maximum Gasteiger partial charge on any atom is 0.212 e. The molecule has 0 spiro atoms. The molecule has 0 amide bonds. The van der Waals surface area contributed by atoms with E-state index in [4.69, 9.17) is 10.6 Å². The molecule has 0 aliphatic rings. The van der Waals surface area contributed by atoms with Crippen LogP contribution in [-0.4, -0.2) is 12.1 Å². The molecule has 0 radical (unpaired) electrons. The molecule has 0 aliphatic carbocycles. The van der Waals surface area contributed by atoms with Crippen molar-refractivity contribution < 1.29 is 9.13 Å². The highest BCUT2D eigenvalue weighted by atomic mass is 19.1. The summed E-state index contributed by atoms with van der Waals surface area (Å²) in [5, 5.41) is 0. The number of aryl methyl sites for hydroxylation is 1. The van der Waals surface area contributed by atoms with Gasteiger partial charge in [0.1, 0.15) is 5.82 Å². The molecule has 3 N–H and O–H groups in total. The van der Waals surface area contributed by atoms with Crippen LogP contribution < -0.4 is 16.0 Å². The molecule has 1 atom stereocenters. The number of hydrogen-bond donors (Lipinski definition) is 2. The lowest BCUT2D eigenvalue weighted by Gasteiger charge is -2.17. The average Bonchev–Trinajstić information content (AvgIpc) is 2.48. The Bertz CT molecular complexity index is 572. The minimum atomic E-state index is -0.301. The fourth-order valence-electron chi connectivity index (χ4n) is 2.08. The Morgan fingerprint density at radius 3 is 2.75 bits per heavy atom. The van der Waals surface area contributed by atoms with Crippen LogP contribution in [0.4, 0.5) is 4.39 Å². The molecule has 0 saturated carbocycles. The Morgan fingerprint density at radius 1 is 1.35 bits per heavy atom. The van der Waals surface area contributed by atoms with E-state index in [0.29, 0.717) is 17.9 Å². The molecule has 1 heterocycles. The van der Waals surface area contributed by atoms with Gasteiger partial charge in [0.25, 0.3) is 0 Å². The van der Waals surface area contributed by atoms with Gasteiger partial charge in [0.2, 0.25) is 5.88 Å². The first-order chi connectivity index (χ1) is 9.63. The highest BCUT2D eigenvalue weighted by Crippen LogP contribution is 2.22. The molecule has 1 aromatic carbocycles. The number of methoxy groups -OCH3 is 1. The Morgan fingerprint density at radius 2 is 2.15 bits per heavy atom. The van der Waals surface area contributed by atoms with Crippen molar-refractivity contribution in [1.82, 2.24) is 10.4 Å². The third-order valence-electron chi connectivity index (χ3n) is 3.17. The SMILES string of the molecule is COc1ccc(CC(NN)c2cc(C)ccc2F)cn1. The van der Waals surface area contributed by atoms with Gasteiger partial charge in [-0.1, -0.05) is 23.8 Å². The smallest absolute Gasteiger partial charge is 0.212 e. The van der Waals surface area contributed by atoms with Crippen LogP contribution >= 0.6 is 0 Å². The number of hydrogen-bond acceptors (Lipinski definition) is 4. The zero-order valence-electron chi connectivity index (χ0n) is 11.6. The second-order valence-corrected chi connectivity index (χ2v) is 4.66. The first kappa shape index (κ1) is 14.4. The normalized spacial score (nSPS) is 12.2. The van der Waals surface area contributed by atoms with E-state index in [2.05, 4.69) is 10.4 Å². The number of nitrogens with zero attached hydrogens (tertiary/aromatic N) is 1. The minimum absolute atomic E-state index is 0.264. The van der Waals surface area contributed by atoms with Crippen LogP contribution in [0.15, 0.2) is 36.5 Å². The van der Waals surface area contributed by atoms with Crippen molar-refractivity contribution in [2.75, 3.05) is 7.11 Å². The number of halogens is 1. The fraction of sp³-hybridized carbons (Fsp3) is 0.267. The van der Waals surface area contributed by atoms with Gasteiger partial charge in [-0.3, -0.25) is 11.3 Å². The molecule has 1 aromatic heterocycles. The Labute approximate surface area is 117 Å². The molecule has 0 aliphatic heterocycles. The van der Waals surface area contributed by atoms with Crippen LogP contribution in [0.1, 0.15) is 22.7 Å². The van der Waals surface area contributed by atoms with Crippen LogP contribution in [0.2, 0.25) is 0 Å². The topological polar surface area (TPSA) is 60.2 Å². The van der Waals surface area contributed by atoms with Gasteiger partial charge >= 0.3 is 0 Å². The zero-order valence-corrected chi connectivity index (χ0v) is 11.6. The molecule has 20 heavy (non-hydrogen) atoms. The lowest BCUT2D eigenvalue weighted by atomic mass is 9.98. The third kappa shape index (κ3) is 3.31. The lowest BCUT2D eigenvalue weighted by Crippen LogP contribution is -2.30. The van der Waals surface area contributed by atoms with Gasteiger partial charge in [0.15, 0.2) is 0 Å². The van der Waals surface area contributed by atoms with Gasteiger partial charge in [-0.15, -0.1) is 0 Å². The summed E-state index contributed by atoms with van der Waals surface area (Å²) in [6.07, 6.45) is 2.25. The Hall–Kier alpha value is -1.98. The molecule has 0 bridgehead atoms. The quantitative estimate of drug-likeness (QED) is 0.649. The molecule has 2 rings (SSSR count). The molecule has 0 saturated heterocycles. The lowest BCUT2D eigenvalue weighted by molar-refractivity contribution is 0.397. The molecule has 106 valence electrons. The Kier molecular flexibility index (Phi) is 4.65. The van der Waals surface area contributed by atoms with Crippen LogP contribution in [0.25, 0.3) is 0 Å². The predicted molar refractivity (Wildman–Crippen MR) is 75.7 cm³/mol. The van der Waals surface area contributed by atoms with Crippen LogP contribution in [-0.2, 0) is 6.42 Å². The van der Waals surface area contributed by atoms with Crippen LogP contribution in [0, 0.1) is 12.7 Å². The van der Waals surface area contributed by atoms with E-state index in [1.54, 1.807) is 31.5 Å². The Balaban J connectivity index is 2.21. The van der Waals surface area contributed by atoms with Crippen molar-refractivity contribution in [2.45, 2.75) is 19.4 Å². The molecule has 5 heteroatoms. The van der Waals surface area contributed by atoms with Crippen LogP contribution in [0.5, 0.6) is 5.88 Å². The van der Waals surface area contributed by atoms with Crippen molar-refractivity contribution >= 4 is 0 Å². The van der Waals surface area contributed by atoms with Crippen molar-refractivity contribution in [2.24, 2.45) is 5.84 Å². The number of nitrogens with one attached hydrogen (secondary N) is 1. The molecular formula is C15H18FN3O. The van der Waals surface area contributed by atoms with E-state index in [-0.39, 0.29) is 11.9 Å². The largest absolute Gasteiger partial charge is 0.481 e. The maximum atomic E-state index is 13.9. The van der Waals surface area contributed by atoms with Crippen molar-refractivity contribution in [3.63, 3.8) is 0 Å². The summed E-state index contributed by atoms with van der Waals surface area (Å²) in [7, 11) is 1.56. The summed E-state index contributed by atoms with van der Waals surface area (Å²) in [6, 6.07) is 8.36. The summed E-state index contributed by atoms with van der Waals surface area (Å²) < 4.78 is 18.9. The second kappa shape index (κ2) is 6.45. The van der Waals surface area contributed by atoms with E-state index < -0.39 is 0 Å². The summed E-state index contributed by atoms with van der Waals surface area (Å²) in [4.78, 5) is 4.13. The molecular weight excluding hydrogens is 257 g/mol.